The van der Waals surface area contributed by atoms with E-state index in [1.807, 2.05) is 0 Å². The highest BCUT2D eigenvalue weighted by Crippen LogP contribution is 2.34. The van der Waals surface area contributed by atoms with Crippen LogP contribution >= 0.6 is 11.6 Å². The molecule has 3 rings (SSSR count). The normalized spacial score (nSPS) is 15.7. The lowest BCUT2D eigenvalue weighted by molar-refractivity contribution is -0.148. The number of amides is 1. The van der Waals surface area contributed by atoms with Gasteiger partial charge in [0, 0.05) is 7.05 Å². The second-order valence-corrected chi connectivity index (χ2v) is 9.34. The van der Waals surface area contributed by atoms with Gasteiger partial charge in [0.05, 0.1) is 42.4 Å². The number of esters is 1. The first-order chi connectivity index (χ1) is 15.2. The fourth-order valence-corrected chi connectivity index (χ4v) is 4.63. The summed E-state index contributed by atoms with van der Waals surface area (Å²) in [6, 6.07) is 10.8. The predicted octanol–water partition coefficient (Wildman–Crippen LogP) is 2.33. The van der Waals surface area contributed by atoms with Crippen LogP contribution in [0.2, 0.25) is 5.02 Å². The van der Waals surface area contributed by atoms with E-state index < -0.39 is 34.5 Å². The van der Waals surface area contributed by atoms with Crippen molar-refractivity contribution in [2.45, 2.75) is 17.9 Å². The van der Waals surface area contributed by atoms with Crippen LogP contribution in [0.3, 0.4) is 0 Å². The maximum Gasteiger partial charge on any atom is 0.348 e. The maximum atomic E-state index is 13.1. The molecule has 0 bridgehead atoms. The molecular formula is C21H23ClN2O7S. The largest absolute Gasteiger partial charge is 0.492 e. The number of para-hydroxylation sites is 2. The zero-order chi connectivity index (χ0) is 23.5. The average molecular weight is 483 g/mol. The summed E-state index contributed by atoms with van der Waals surface area (Å²) in [6.45, 7) is 1.60. The van der Waals surface area contributed by atoms with Crippen molar-refractivity contribution in [1.82, 2.24) is 4.31 Å². The molecule has 0 unspecified atom stereocenters. The molecule has 1 aliphatic heterocycles. The zero-order valence-corrected chi connectivity index (χ0v) is 19.4. The lowest BCUT2D eigenvalue weighted by Gasteiger charge is -2.34. The third-order valence-electron chi connectivity index (χ3n) is 4.81. The van der Waals surface area contributed by atoms with Crippen LogP contribution in [-0.4, -0.2) is 64.6 Å². The molecule has 2 aromatic rings. The van der Waals surface area contributed by atoms with Gasteiger partial charge in [-0.2, -0.15) is 4.31 Å². The average Bonchev–Trinajstić information content (AvgIpc) is 2.78. The SMILES string of the molecule is CCOc1ccc(S(=O)(=O)N(C)CC(=O)N2C[C@H](C(=O)OC)Oc3ccccc32)cc1Cl. The smallest absolute Gasteiger partial charge is 0.348 e. The molecule has 9 nitrogen and oxygen atoms in total. The number of likely N-dealkylation sites (N-methyl/N-ethyl adjacent to an activating group) is 1. The fourth-order valence-electron chi connectivity index (χ4n) is 3.18. The molecular weight excluding hydrogens is 460 g/mol. The first-order valence-corrected chi connectivity index (χ1v) is 11.5. The fraction of sp³-hybridized carbons (Fsp3) is 0.333. The van der Waals surface area contributed by atoms with E-state index in [1.165, 1.54) is 37.3 Å². The van der Waals surface area contributed by atoms with E-state index in [2.05, 4.69) is 0 Å². The Morgan fingerprint density at radius 3 is 2.62 bits per heavy atom. The molecule has 0 radical (unpaired) electrons. The summed E-state index contributed by atoms with van der Waals surface area (Å²) in [7, 11) is -1.50. The number of hydrogen-bond acceptors (Lipinski definition) is 7. The molecule has 0 spiro atoms. The highest BCUT2D eigenvalue weighted by atomic mass is 35.5. The van der Waals surface area contributed by atoms with E-state index in [-0.39, 0.29) is 16.5 Å². The van der Waals surface area contributed by atoms with Crippen molar-refractivity contribution in [1.29, 1.82) is 0 Å². The van der Waals surface area contributed by atoms with Gasteiger partial charge in [-0.25, -0.2) is 13.2 Å². The number of methoxy groups -OCH3 is 1. The number of fused-ring (bicyclic) bond motifs is 1. The Labute approximate surface area is 191 Å². The van der Waals surface area contributed by atoms with E-state index in [9.17, 15) is 18.0 Å². The lowest BCUT2D eigenvalue weighted by atomic mass is 10.2. The number of ether oxygens (including phenoxy) is 3. The van der Waals surface area contributed by atoms with Crippen molar-refractivity contribution in [3.63, 3.8) is 0 Å². The van der Waals surface area contributed by atoms with Gasteiger partial charge in [-0.05, 0) is 37.3 Å². The summed E-state index contributed by atoms with van der Waals surface area (Å²) in [5, 5.41) is 0.149. The Hall–Kier alpha value is -2.82. The minimum Gasteiger partial charge on any atom is -0.492 e. The number of halogens is 1. The minimum absolute atomic E-state index is 0.0731. The van der Waals surface area contributed by atoms with Gasteiger partial charge >= 0.3 is 5.97 Å². The van der Waals surface area contributed by atoms with Crippen LogP contribution in [0.4, 0.5) is 5.69 Å². The number of benzene rings is 2. The highest BCUT2D eigenvalue weighted by molar-refractivity contribution is 7.89. The number of carbonyl (C=O) groups excluding carboxylic acids is 2. The number of sulfonamides is 1. The van der Waals surface area contributed by atoms with Gasteiger partial charge in [0.15, 0.2) is 0 Å². The van der Waals surface area contributed by atoms with Crippen LogP contribution in [-0.2, 0) is 24.3 Å². The topological polar surface area (TPSA) is 102 Å². The van der Waals surface area contributed by atoms with Crippen molar-refractivity contribution in [3.05, 3.63) is 47.5 Å². The van der Waals surface area contributed by atoms with Gasteiger partial charge in [-0.1, -0.05) is 23.7 Å². The summed E-state index contributed by atoms with van der Waals surface area (Å²) in [5.74, 6) is -0.475. The van der Waals surface area contributed by atoms with Crippen molar-refractivity contribution in [2.75, 3.05) is 38.8 Å². The van der Waals surface area contributed by atoms with E-state index in [1.54, 1.807) is 31.2 Å². The molecule has 0 aliphatic carbocycles. The Bertz CT molecular complexity index is 1120. The number of nitrogens with zero attached hydrogens (tertiary/aromatic N) is 2. The second-order valence-electron chi connectivity index (χ2n) is 6.89. The van der Waals surface area contributed by atoms with Gasteiger partial charge in [0.2, 0.25) is 22.0 Å². The molecule has 172 valence electrons. The van der Waals surface area contributed by atoms with Gasteiger partial charge in [0.25, 0.3) is 0 Å². The summed E-state index contributed by atoms with van der Waals surface area (Å²) >= 11 is 6.12. The number of carbonyl (C=O) groups is 2. The molecule has 1 aliphatic rings. The van der Waals surface area contributed by atoms with Crippen LogP contribution in [0.15, 0.2) is 47.4 Å². The molecule has 1 atom stereocenters. The monoisotopic (exact) mass is 482 g/mol. The Morgan fingerprint density at radius 2 is 1.97 bits per heavy atom. The van der Waals surface area contributed by atoms with E-state index in [4.69, 9.17) is 25.8 Å². The lowest BCUT2D eigenvalue weighted by Crippen LogP contribution is -2.50. The van der Waals surface area contributed by atoms with Gasteiger partial charge in [-0.3, -0.25) is 4.79 Å². The van der Waals surface area contributed by atoms with E-state index in [0.717, 1.165) is 4.31 Å². The van der Waals surface area contributed by atoms with Gasteiger partial charge in [-0.15, -0.1) is 0 Å². The minimum atomic E-state index is -4.02. The third-order valence-corrected chi connectivity index (χ3v) is 6.90. The van der Waals surface area contributed by atoms with Crippen LogP contribution in [0.25, 0.3) is 0 Å². The molecule has 32 heavy (non-hydrogen) atoms. The molecule has 1 heterocycles. The molecule has 0 aromatic heterocycles. The Morgan fingerprint density at radius 1 is 1.25 bits per heavy atom. The summed E-state index contributed by atoms with van der Waals surface area (Å²) in [4.78, 5) is 26.3. The standard InChI is InChI=1S/C21H23ClN2O7S/c1-4-30-17-10-9-14(11-15(17)22)32(27,28)23(2)13-20(25)24-12-19(21(26)29-3)31-18-8-6-5-7-16(18)24/h5-11,19H,4,12-13H2,1-3H3/t19-/m1/s1. The van der Waals surface area contributed by atoms with Gasteiger partial charge in [0.1, 0.15) is 11.5 Å². The zero-order valence-electron chi connectivity index (χ0n) is 17.8. The quantitative estimate of drug-likeness (QED) is 0.558. The number of hydrogen-bond donors (Lipinski definition) is 0. The molecule has 11 heteroatoms. The van der Waals surface area contributed by atoms with Crippen LogP contribution in [0, 0.1) is 0 Å². The molecule has 0 N–H and O–H groups in total. The van der Waals surface area contributed by atoms with E-state index >= 15 is 0 Å². The third kappa shape index (κ3) is 4.82. The molecule has 2 aromatic carbocycles. The predicted molar refractivity (Wildman–Crippen MR) is 118 cm³/mol. The van der Waals surface area contributed by atoms with Crippen molar-refractivity contribution < 1.29 is 32.2 Å². The van der Waals surface area contributed by atoms with Crippen molar-refractivity contribution >= 4 is 39.2 Å². The molecule has 1 amide bonds. The first kappa shape index (κ1) is 23.8. The van der Waals surface area contributed by atoms with Gasteiger partial charge < -0.3 is 19.1 Å². The van der Waals surface area contributed by atoms with Crippen LogP contribution in [0.1, 0.15) is 6.92 Å². The molecule has 0 fully saturated rings. The van der Waals surface area contributed by atoms with Crippen molar-refractivity contribution in [2.24, 2.45) is 0 Å². The summed E-state index contributed by atoms with van der Waals surface area (Å²) in [5.41, 5.74) is 0.438. The Balaban J connectivity index is 1.82. The number of anilines is 1. The van der Waals surface area contributed by atoms with Crippen molar-refractivity contribution in [3.8, 4) is 11.5 Å². The van der Waals surface area contributed by atoms with E-state index in [0.29, 0.717) is 23.8 Å². The van der Waals surface area contributed by atoms with Crippen LogP contribution in [0.5, 0.6) is 11.5 Å². The van der Waals surface area contributed by atoms with Crippen LogP contribution < -0.4 is 14.4 Å². The summed E-state index contributed by atoms with van der Waals surface area (Å²) < 4.78 is 42.6. The maximum absolute atomic E-state index is 13.1. The number of rotatable bonds is 7. The highest BCUT2D eigenvalue weighted by Gasteiger charge is 2.35. The molecule has 0 saturated heterocycles. The first-order valence-electron chi connectivity index (χ1n) is 9.71. The summed E-state index contributed by atoms with van der Waals surface area (Å²) in [6.07, 6.45) is -1.02. The molecule has 0 saturated carbocycles. The second kappa shape index (κ2) is 9.76. The Kier molecular flexibility index (Phi) is 7.27.